The van der Waals surface area contributed by atoms with Crippen LogP contribution in [0, 0.1) is 0 Å². The minimum absolute atomic E-state index is 0.00997. The number of nitrogens with zero attached hydrogens (tertiary/aromatic N) is 2. The van der Waals surface area contributed by atoms with Gasteiger partial charge in [-0.25, -0.2) is 8.42 Å². The first-order valence-electron chi connectivity index (χ1n) is 14.9. The Kier molecular flexibility index (Phi) is 12.1. The molecule has 0 saturated heterocycles. The van der Waals surface area contributed by atoms with Crippen molar-refractivity contribution in [2.75, 3.05) is 17.5 Å². The fourth-order valence-electron chi connectivity index (χ4n) is 4.91. The van der Waals surface area contributed by atoms with Crippen LogP contribution in [0.15, 0.2) is 108 Å². The van der Waals surface area contributed by atoms with Gasteiger partial charge < -0.3 is 15.0 Å². The molecule has 0 spiro atoms. The van der Waals surface area contributed by atoms with Crippen LogP contribution in [-0.4, -0.2) is 50.4 Å². The van der Waals surface area contributed by atoms with Gasteiger partial charge in [-0.15, -0.1) is 0 Å². The molecule has 0 heterocycles. The van der Waals surface area contributed by atoms with Gasteiger partial charge in [0.1, 0.15) is 18.3 Å². The van der Waals surface area contributed by atoms with Crippen molar-refractivity contribution in [2.24, 2.45) is 0 Å². The molecule has 2 amide bonds. The SMILES string of the molecule is CCOc1ccc(N(CC(=O)N(Cc2c(Cl)cccc2Cl)[C@@H](Cc2ccccc2)C(=O)NC(C)C)S(=O)(=O)c2ccccc2)cc1. The molecule has 46 heavy (non-hydrogen) atoms. The van der Waals surface area contributed by atoms with Crippen LogP contribution >= 0.6 is 23.2 Å². The molecule has 0 aliphatic heterocycles. The molecule has 0 aliphatic carbocycles. The average molecular weight is 683 g/mol. The van der Waals surface area contributed by atoms with Crippen molar-refractivity contribution in [3.63, 3.8) is 0 Å². The van der Waals surface area contributed by atoms with E-state index >= 15 is 0 Å². The fraction of sp³-hybridized carbons (Fsp3) is 0.257. The molecule has 1 atom stereocenters. The first-order chi connectivity index (χ1) is 22.0. The van der Waals surface area contributed by atoms with Crippen molar-refractivity contribution in [2.45, 2.75) is 50.7 Å². The molecular weight excluding hydrogens is 645 g/mol. The van der Waals surface area contributed by atoms with Gasteiger partial charge in [0.05, 0.1) is 17.2 Å². The van der Waals surface area contributed by atoms with Gasteiger partial charge in [-0.05, 0) is 74.9 Å². The Morgan fingerprint density at radius 2 is 1.41 bits per heavy atom. The third-order valence-corrected chi connectivity index (χ3v) is 9.63. The summed E-state index contributed by atoms with van der Waals surface area (Å²) in [6, 6.07) is 27.4. The number of hydrogen-bond donors (Lipinski definition) is 1. The molecule has 0 unspecified atom stereocenters. The number of benzene rings is 4. The van der Waals surface area contributed by atoms with Crippen LogP contribution in [0.3, 0.4) is 0 Å². The largest absolute Gasteiger partial charge is 0.494 e. The number of carbonyl (C=O) groups excluding carboxylic acids is 2. The summed E-state index contributed by atoms with van der Waals surface area (Å²) in [7, 11) is -4.23. The maximum atomic E-state index is 14.6. The highest BCUT2D eigenvalue weighted by Gasteiger charge is 2.35. The molecule has 1 N–H and O–H groups in total. The van der Waals surface area contributed by atoms with Gasteiger partial charge in [0.2, 0.25) is 11.8 Å². The predicted molar refractivity (Wildman–Crippen MR) is 183 cm³/mol. The number of anilines is 1. The zero-order chi connectivity index (χ0) is 33.3. The first-order valence-corrected chi connectivity index (χ1v) is 17.1. The van der Waals surface area contributed by atoms with E-state index in [-0.39, 0.29) is 29.6 Å². The van der Waals surface area contributed by atoms with Crippen molar-refractivity contribution >= 4 is 50.7 Å². The summed E-state index contributed by atoms with van der Waals surface area (Å²) in [4.78, 5) is 29.7. The third-order valence-electron chi connectivity index (χ3n) is 7.14. The van der Waals surface area contributed by atoms with Crippen LogP contribution in [0.2, 0.25) is 10.0 Å². The third kappa shape index (κ3) is 8.81. The van der Waals surface area contributed by atoms with Crippen molar-refractivity contribution in [3.8, 4) is 5.75 Å². The molecule has 242 valence electrons. The van der Waals surface area contributed by atoms with Gasteiger partial charge in [-0.3, -0.25) is 13.9 Å². The molecule has 0 aliphatic rings. The molecule has 11 heteroatoms. The smallest absolute Gasteiger partial charge is 0.264 e. The van der Waals surface area contributed by atoms with Gasteiger partial charge in [-0.2, -0.15) is 0 Å². The lowest BCUT2D eigenvalue weighted by molar-refractivity contribution is -0.140. The standard InChI is InChI=1S/C35H37Cl2N3O5S/c1-4-45-28-20-18-27(19-21-28)40(46(43,44)29-14-9-6-10-15-29)24-34(41)39(23-30-31(36)16-11-17-32(30)37)33(35(42)38-25(2)3)22-26-12-7-5-8-13-26/h5-21,25,33H,4,22-24H2,1-3H3,(H,38,42)/t33-/m0/s1. The summed E-state index contributed by atoms with van der Waals surface area (Å²) in [5.41, 5.74) is 1.51. The molecule has 4 aromatic carbocycles. The Morgan fingerprint density at radius 1 is 0.826 bits per heavy atom. The van der Waals surface area contributed by atoms with Gasteiger partial charge >= 0.3 is 0 Å². The molecule has 0 aromatic heterocycles. The molecule has 4 rings (SSSR count). The number of amides is 2. The van der Waals surface area contributed by atoms with Crippen molar-refractivity contribution in [1.82, 2.24) is 10.2 Å². The lowest BCUT2D eigenvalue weighted by atomic mass is 10.0. The second-order valence-electron chi connectivity index (χ2n) is 10.8. The maximum Gasteiger partial charge on any atom is 0.264 e. The van der Waals surface area contributed by atoms with Crippen LogP contribution in [0.5, 0.6) is 5.75 Å². The van der Waals surface area contributed by atoms with E-state index in [0.717, 1.165) is 9.87 Å². The van der Waals surface area contributed by atoms with Crippen molar-refractivity contribution in [1.29, 1.82) is 0 Å². The minimum Gasteiger partial charge on any atom is -0.494 e. The first kappa shape index (κ1) is 34.8. The summed E-state index contributed by atoms with van der Waals surface area (Å²) in [6.07, 6.45) is 0.168. The molecule has 0 bridgehead atoms. The number of hydrogen-bond acceptors (Lipinski definition) is 5. The topological polar surface area (TPSA) is 96.0 Å². The van der Waals surface area contributed by atoms with Crippen LogP contribution in [0.25, 0.3) is 0 Å². The monoisotopic (exact) mass is 681 g/mol. The van der Waals surface area contributed by atoms with Gasteiger partial charge in [0, 0.05) is 34.6 Å². The maximum absolute atomic E-state index is 14.6. The normalized spacial score (nSPS) is 12.0. The summed E-state index contributed by atoms with van der Waals surface area (Å²) >= 11 is 13.1. The Balaban J connectivity index is 1.83. The quantitative estimate of drug-likeness (QED) is 0.159. The number of halogens is 2. The molecular formula is C35H37Cl2N3O5S. The van der Waals surface area contributed by atoms with E-state index in [1.54, 1.807) is 60.7 Å². The summed E-state index contributed by atoms with van der Waals surface area (Å²) < 4.78 is 34.8. The summed E-state index contributed by atoms with van der Waals surface area (Å²) in [5.74, 6) is -0.462. The predicted octanol–water partition coefficient (Wildman–Crippen LogP) is 6.75. The number of nitrogens with one attached hydrogen (secondary N) is 1. The van der Waals surface area contributed by atoms with E-state index in [2.05, 4.69) is 5.32 Å². The summed E-state index contributed by atoms with van der Waals surface area (Å²) in [6.45, 7) is 5.20. The second-order valence-corrected chi connectivity index (χ2v) is 13.5. The van der Waals surface area contributed by atoms with Crippen LogP contribution in [-0.2, 0) is 32.6 Å². The minimum atomic E-state index is -4.23. The number of ether oxygens (including phenoxy) is 1. The van der Waals surface area contributed by atoms with Crippen LogP contribution in [0.1, 0.15) is 31.9 Å². The van der Waals surface area contributed by atoms with Crippen molar-refractivity contribution in [3.05, 3.63) is 124 Å². The van der Waals surface area contributed by atoms with Crippen LogP contribution < -0.4 is 14.4 Å². The average Bonchev–Trinajstić information content (AvgIpc) is 3.04. The molecule has 0 saturated carbocycles. The van der Waals surface area contributed by atoms with E-state index in [0.29, 0.717) is 28.0 Å². The highest BCUT2D eigenvalue weighted by molar-refractivity contribution is 7.92. The lowest BCUT2D eigenvalue weighted by Gasteiger charge is -2.34. The van der Waals surface area contributed by atoms with Gasteiger partial charge in [0.25, 0.3) is 10.0 Å². The van der Waals surface area contributed by atoms with Crippen molar-refractivity contribution < 1.29 is 22.7 Å². The molecule has 0 fully saturated rings. The number of rotatable bonds is 14. The highest BCUT2D eigenvalue weighted by Crippen LogP contribution is 2.29. The number of sulfonamides is 1. The Labute approximate surface area is 280 Å². The van der Waals surface area contributed by atoms with E-state index in [1.807, 2.05) is 51.1 Å². The zero-order valence-corrected chi connectivity index (χ0v) is 28.2. The van der Waals surface area contributed by atoms with E-state index in [9.17, 15) is 18.0 Å². The molecule has 4 aromatic rings. The number of carbonyl (C=O) groups is 2. The second kappa shape index (κ2) is 16.0. The summed E-state index contributed by atoms with van der Waals surface area (Å²) in [5, 5.41) is 3.55. The van der Waals surface area contributed by atoms with Gasteiger partial charge in [0.15, 0.2) is 0 Å². The van der Waals surface area contributed by atoms with Gasteiger partial charge in [-0.1, -0.05) is 77.8 Å². The van der Waals surface area contributed by atoms with E-state index in [4.69, 9.17) is 27.9 Å². The zero-order valence-electron chi connectivity index (χ0n) is 25.9. The van der Waals surface area contributed by atoms with E-state index in [1.165, 1.54) is 17.0 Å². The lowest BCUT2D eigenvalue weighted by Crippen LogP contribution is -2.54. The van der Waals surface area contributed by atoms with E-state index < -0.39 is 34.4 Å². The Bertz CT molecular complexity index is 1700. The fourth-order valence-corrected chi connectivity index (χ4v) is 6.86. The Hall–Kier alpha value is -4.05. The van der Waals surface area contributed by atoms with Crippen LogP contribution in [0.4, 0.5) is 5.69 Å². The molecule has 0 radical (unpaired) electrons. The molecule has 8 nitrogen and oxygen atoms in total. The Morgan fingerprint density at radius 3 is 1.98 bits per heavy atom. The highest BCUT2D eigenvalue weighted by atomic mass is 35.5.